The van der Waals surface area contributed by atoms with Gasteiger partial charge >= 0.3 is 6.18 Å². The summed E-state index contributed by atoms with van der Waals surface area (Å²) in [5.74, 6) is -0.472. The molecule has 1 N–H and O–H groups in total. The van der Waals surface area contributed by atoms with E-state index in [0.717, 1.165) is 4.68 Å². The fraction of sp³-hybridized carbons (Fsp3) is 0.286. The zero-order chi connectivity index (χ0) is 18.6. The number of aromatic nitrogens is 6. The van der Waals surface area contributed by atoms with Gasteiger partial charge in [0, 0.05) is 18.6 Å². The highest BCUT2D eigenvalue weighted by Gasteiger charge is 2.27. The van der Waals surface area contributed by atoms with Crippen LogP contribution in [0.2, 0.25) is 0 Å². The third-order valence-electron chi connectivity index (χ3n) is 3.10. The molecule has 0 aromatic carbocycles. The molecule has 138 valence electrons. The topological polar surface area (TPSA) is 91.8 Å². The largest absolute Gasteiger partial charge is 0.411 e. The summed E-state index contributed by atoms with van der Waals surface area (Å²) in [4.78, 5) is 12.2. The van der Waals surface area contributed by atoms with E-state index in [1.807, 2.05) is 0 Å². The summed E-state index contributed by atoms with van der Waals surface area (Å²) in [5, 5.41) is 14.5. The third-order valence-corrected chi connectivity index (χ3v) is 3.10. The molecule has 0 bridgehead atoms. The molecule has 0 saturated heterocycles. The summed E-state index contributed by atoms with van der Waals surface area (Å²) in [7, 11) is 0. The zero-order valence-electron chi connectivity index (χ0n) is 13.3. The van der Waals surface area contributed by atoms with Crippen molar-refractivity contribution in [3.05, 3.63) is 48.8 Å². The van der Waals surface area contributed by atoms with Crippen LogP contribution < -0.4 is 5.32 Å². The highest BCUT2D eigenvalue weighted by molar-refractivity contribution is 6.02. The standard InChI is InChI=1S/C14H14F3N7O2/c15-14(16,17)8-26-10-24-7-11(6-19-24)20-13(25)12-2-5-23(21-12)9-22-4-1-3-18-22/h1-7H,8-10H2,(H,20,25). The number of ether oxygens (including phenoxy) is 1. The molecule has 3 rings (SSSR count). The monoisotopic (exact) mass is 369 g/mol. The van der Waals surface area contributed by atoms with Gasteiger partial charge in [0.05, 0.1) is 18.1 Å². The minimum atomic E-state index is -4.40. The first-order chi connectivity index (χ1) is 12.4. The zero-order valence-corrected chi connectivity index (χ0v) is 13.3. The van der Waals surface area contributed by atoms with E-state index in [9.17, 15) is 18.0 Å². The minimum Gasteiger partial charge on any atom is -0.350 e. The van der Waals surface area contributed by atoms with Crippen LogP contribution in [-0.2, 0) is 18.1 Å². The van der Waals surface area contributed by atoms with Gasteiger partial charge in [-0.15, -0.1) is 0 Å². The van der Waals surface area contributed by atoms with Crippen molar-refractivity contribution < 1.29 is 22.7 Å². The van der Waals surface area contributed by atoms with Crippen LogP contribution in [0, 0.1) is 0 Å². The Labute approximate surface area is 145 Å². The Hall–Kier alpha value is -3.15. The van der Waals surface area contributed by atoms with Crippen molar-refractivity contribution in [2.75, 3.05) is 11.9 Å². The van der Waals surface area contributed by atoms with Gasteiger partial charge in [-0.2, -0.15) is 28.5 Å². The van der Waals surface area contributed by atoms with Gasteiger partial charge in [0.1, 0.15) is 20.0 Å². The van der Waals surface area contributed by atoms with Crippen molar-refractivity contribution in [3.8, 4) is 0 Å². The predicted octanol–water partition coefficient (Wildman–Crippen LogP) is 1.57. The normalized spacial score (nSPS) is 11.7. The van der Waals surface area contributed by atoms with Gasteiger partial charge < -0.3 is 10.1 Å². The average molecular weight is 369 g/mol. The van der Waals surface area contributed by atoms with E-state index in [4.69, 9.17) is 0 Å². The molecule has 0 aliphatic carbocycles. The molecule has 26 heavy (non-hydrogen) atoms. The second kappa shape index (κ2) is 7.39. The number of anilines is 1. The molecule has 9 nitrogen and oxygen atoms in total. The van der Waals surface area contributed by atoms with Crippen LogP contribution >= 0.6 is 0 Å². The van der Waals surface area contributed by atoms with Crippen LogP contribution in [0.25, 0.3) is 0 Å². The van der Waals surface area contributed by atoms with Crippen LogP contribution in [0.4, 0.5) is 18.9 Å². The lowest BCUT2D eigenvalue weighted by Crippen LogP contribution is -2.18. The Morgan fingerprint density at radius 2 is 2.04 bits per heavy atom. The van der Waals surface area contributed by atoms with Crippen molar-refractivity contribution >= 4 is 11.6 Å². The maximum absolute atomic E-state index is 12.2. The van der Waals surface area contributed by atoms with Gasteiger partial charge in [0.25, 0.3) is 5.91 Å². The van der Waals surface area contributed by atoms with Crippen molar-refractivity contribution in [1.29, 1.82) is 0 Å². The first-order valence-corrected chi connectivity index (χ1v) is 7.38. The van der Waals surface area contributed by atoms with Crippen molar-refractivity contribution in [3.63, 3.8) is 0 Å². The van der Waals surface area contributed by atoms with Gasteiger partial charge in [0.2, 0.25) is 0 Å². The van der Waals surface area contributed by atoms with Gasteiger partial charge in [-0.1, -0.05) is 0 Å². The Morgan fingerprint density at radius 1 is 1.19 bits per heavy atom. The summed E-state index contributed by atoms with van der Waals surface area (Å²) in [6.07, 6.45) is 3.28. The Balaban J connectivity index is 1.53. The molecule has 0 atom stereocenters. The Kier molecular flexibility index (Phi) is 5.02. The summed E-state index contributed by atoms with van der Waals surface area (Å²) in [6.45, 7) is -1.40. The maximum Gasteiger partial charge on any atom is 0.411 e. The first-order valence-electron chi connectivity index (χ1n) is 7.38. The molecule has 3 aromatic rings. The second-order valence-corrected chi connectivity index (χ2v) is 5.24. The van der Waals surface area contributed by atoms with Crippen molar-refractivity contribution in [2.45, 2.75) is 19.6 Å². The molecular weight excluding hydrogens is 355 g/mol. The quantitative estimate of drug-likeness (QED) is 0.683. The lowest BCUT2D eigenvalue weighted by atomic mass is 10.4. The van der Waals surface area contributed by atoms with E-state index in [1.165, 1.54) is 23.1 Å². The molecule has 0 saturated carbocycles. The van der Waals surface area contributed by atoms with Gasteiger partial charge in [-0.25, -0.2) is 4.68 Å². The van der Waals surface area contributed by atoms with Gasteiger partial charge in [0.15, 0.2) is 5.69 Å². The van der Waals surface area contributed by atoms with Crippen LogP contribution in [-0.4, -0.2) is 48.0 Å². The lowest BCUT2D eigenvalue weighted by Gasteiger charge is -2.07. The van der Waals surface area contributed by atoms with Crippen LogP contribution in [0.3, 0.4) is 0 Å². The highest BCUT2D eigenvalue weighted by atomic mass is 19.4. The number of nitrogens with one attached hydrogen (secondary N) is 1. The van der Waals surface area contributed by atoms with E-state index in [1.54, 1.807) is 29.3 Å². The van der Waals surface area contributed by atoms with Crippen molar-refractivity contribution in [2.24, 2.45) is 0 Å². The van der Waals surface area contributed by atoms with Crippen LogP contribution in [0.1, 0.15) is 10.5 Å². The van der Waals surface area contributed by atoms with Crippen LogP contribution in [0.5, 0.6) is 0 Å². The van der Waals surface area contributed by atoms with Gasteiger partial charge in [-0.05, 0) is 12.1 Å². The van der Waals surface area contributed by atoms with E-state index in [-0.39, 0.29) is 12.4 Å². The van der Waals surface area contributed by atoms with Gasteiger partial charge in [-0.3, -0.25) is 14.2 Å². The average Bonchev–Trinajstić information content (AvgIpc) is 3.29. The molecule has 1 amide bonds. The predicted molar refractivity (Wildman–Crippen MR) is 82.0 cm³/mol. The van der Waals surface area contributed by atoms with E-state index in [2.05, 4.69) is 25.3 Å². The third kappa shape index (κ3) is 4.92. The molecule has 0 radical (unpaired) electrons. The highest BCUT2D eigenvalue weighted by Crippen LogP contribution is 2.15. The first kappa shape index (κ1) is 17.7. The number of alkyl halides is 3. The molecule has 0 aliphatic heterocycles. The maximum atomic E-state index is 12.2. The number of amides is 1. The number of carbonyl (C=O) groups is 1. The second-order valence-electron chi connectivity index (χ2n) is 5.24. The van der Waals surface area contributed by atoms with E-state index >= 15 is 0 Å². The summed E-state index contributed by atoms with van der Waals surface area (Å²) < 4.78 is 44.8. The number of hydrogen-bond acceptors (Lipinski definition) is 5. The molecular formula is C14H14F3N7O2. The molecule has 0 unspecified atom stereocenters. The number of rotatable bonds is 7. The van der Waals surface area contributed by atoms with Crippen molar-refractivity contribution in [1.82, 2.24) is 29.3 Å². The molecule has 0 aliphatic rings. The summed E-state index contributed by atoms with van der Waals surface area (Å²) >= 11 is 0. The molecule has 12 heteroatoms. The fourth-order valence-electron chi connectivity index (χ4n) is 2.04. The van der Waals surface area contributed by atoms with E-state index in [0.29, 0.717) is 12.4 Å². The Bertz CT molecular complexity index is 854. The van der Waals surface area contributed by atoms with E-state index < -0.39 is 18.7 Å². The Morgan fingerprint density at radius 3 is 2.77 bits per heavy atom. The summed E-state index contributed by atoms with van der Waals surface area (Å²) in [6, 6.07) is 3.31. The lowest BCUT2D eigenvalue weighted by molar-refractivity contribution is -0.182. The molecule has 3 aromatic heterocycles. The molecule has 3 heterocycles. The molecule has 0 spiro atoms. The number of nitrogens with zero attached hydrogens (tertiary/aromatic N) is 6. The number of carbonyl (C=O) groups excluding carboxylic acids is 1. The summed E-state index contributed by atoms with van der Waals surface area (Å²) in [5.41, 5.74) is 0.491. The SMILES string of the molecule is O=C(Nc1cnn(COCC(F)(F)F)c1)c1ccn(Cn2cccn2)n1. The number of halogens is 3. The molecule has 0 fully saturated rings. The fourth-order valence-corrected chi connectivity index (χ4v) is 2.04. The minimum absolute atomic E-state index is 0.179. The van der Waals surface area contributed by atoms with Crippen LogP contribution in [0.15, 0.2) is 43.1 Å². The smallest absolute Gasteiger partial charge is 0.350 e. The number of hydrogen-bond donors (Lipinski definition) is 1.